The fraction of sp³-hybridized carbons (Fsp3) is 0.450. The van der Waals surface area contributed by atoms with Crippen LogP contribution in [0.25, 0.3) is 0 Å². The van der Waals surface area contributed by atoms with E-state index >= 15 is 0 Å². The Balaban J connectivity index is 1.77. The highest BCUT2D eigenvalue weighted by atomic mass is 79.9. The molecular weight excluding hydrogens is 462 g/mol. The number of aromatic nitrogens is 3. The molecule has 2 aromatic rings. The molecule has 7 nitrogen and oxygen atoms in total. The van der Waals surface area contributed by atoms with Gasteiger partial charge in [-0.2, -0.15) is 18.9 Å². The van der Waals surface area contributed by atoms with E-state index in [2.05, 4.69) is 31.3 Å². The number of hydrogen-bond acceptors (Lipinski definition) is 6. The third-order valence-corrected chi connectivity index (χ3v) is 5.82. The number of nitrogens with zero attached hydrogens (tertiary/aromatic N) is 3. The Hall–Kier alpha value is -2.49. The molecule has 0 unspecified atom stereocenters. The van der Waals surface area contributed by atoms with E-state index in [1.165, 1.54) is 17.1 Å². The summed E-state index contributed by atoms with van der Waals surface area (Å²) in [4.78, 5) is 17.4. The van der Waals surface area contributed by atoms with Gasteiger partial charge < -0.3 is 14.8 Å². The summed E-state index contributed by atoms with van der Waals surface area (Å²) in [7, 11) is 0. The van der Waals surface area contributed by atoms with Crippen molar-refractivity contribution < 1.29 is 23.0 Å². The second-order valence-corrected chi connectivity index (χ2v) is 8.24. The summed E-state index contributed by atoms with van der Waals surface area (Å²) in [6, 6.07) is 3.84. The lowest BCUT2D eigenvalue weighted by Gasteiger charge is -2.31. The number of halogens is 3. The van der Waals surface area contributed by atoms with Crippen LogP contribution in [-0.4, -0.2) is 33.4 Å². The van der Waals surface area contributed by atoms with E-state index in [0.29, 0.717) is 21.7 Å². The van der Waals surface area contributed by atoms with Crippen molar-refractivity contribution in [2.45, 2.75) is 57.8 Å². The average molecular weight is 483 g/mol. The normalized spacial score (nSPS) is 19.4. The number of anilines is 1. The number of hydrogen-bond donors (Lipinski definition) is 1. The molecule has 2 aliphatic rings. The molecule has 1 aliphatic carbocycles. The molecule has 1 aliphatic heterocycles. The molecule has 1 atom stereocenters. The summed E-state index contributed by atoms with van der Waals surface area (Å²) in [6.07, 6.45) is 6.00. The average Bonchev–Trinajstić information content (AvgIpc) is 3.16. The minimum atomic E-state index is -3.01. The fourth-order valence-electron chi connectivity index (χ4n) is 3.98. The Labute approximate surface area is 180 Å². The van der Waals surface area contributed by atoms with Crippen LogP contribution in [0, 0.1) is 0 Å². The molecule has 0 bridgehead atoms. The minimum Gasteiger partial charge on any atom is -0.459 e. The van der Waals surface area contributed by atoms with Crippen molar-refractivity contribution in [2.75, 3.05) is 5.32 Å². The standard InChI is InChI=1S/C20H21BrF2N4O3/c1-11-16(18(28)29-13-5-3-2-4-6-13)17(27-20(26-11)24-10-25-27)14-9-12(21)7-8-15(14)30-19(22)23/h7-10,13,17,19H,2-6H2,1H3,(H,24,25,26)/t17-/m0/s1. The fourth-order valence-corrected chi connectivity index (χ4v) is 4.36. The zero-order valence-electron chi connectivity index (χ0n) is 16.3. The van der Waals surface area contributed by atoms with Crippen LogP contribution in [0.3, 0.4) is 0 Å². The first kappa shape index (κ1) is 20.8. The van der Waals surface area contributed by atoms with Gasteiger partial charge in [-0.15, -0.1) is 0 Å². The number of ether oxygens (including phenoxy) is 2. The number of alkyl halides is 2. The van der Waals surface area contributed by atoms with Gasteiger partial charge in [-0.1, -0.05) is 22.4 Å². The number of carbonyl (C=O) groups is 1. The van der Waals surface area contributed by atoms with Crippen LogP contribution >= 0.6 is 15.9 Å². The molecule has 1 saturated carbocycles. The van der Waals surface area contributed by atoms with Gasteiger partial charge in [-0.05, 0) is 50.8 Å². The van der Waals surface area contributed by atoms with E-state index < -0.39 is 18.6 Å². The van der Waals surface area contributed by atoms with Gasteiger partial charge in [0.25, 0.3) is 0 Å². The Kier molecular flexibility index (Phi) is 6.03. The van der Waals surface area contributed by atoms with E-state index in [1.807, 2.05) is 0 Å². The summed E-state index contributed by atoms with van der Waals surface area (Å²) in [5.41, 5.74) is 1.17. The quantitative estimate of drug-likeness (QED) is 0.616. The van der Waals surface area contributed by atoms with E-state index in [4.69, 9.17) is 9.47 Å². The van der Waals surface area contributed by atoms with Crippen LogP contribution in [0.4, 0.5) is 14.7 Å². The summed E-state index contributed by atoms with van der Waals surface area (Å²) < 4.78 is 38.8. The molecular formula is C20H21BrF2N4O3. The van der Waals surface area contributed by atoms with Crippen molar-refractivity contribution in [3.8, 4) is 5.75 Å². The van der Waals surface area contributed by atoms with Crippen molar-refractivity contribution in [1.29, 1.82) is 0 Å². The third-order valence-electron chi connectivity index (χ3n) is 5.32. The van der Waals surface area contributed by atoms with Crippen molar-refractivity contribution in [3.05, 3.63) is 45.8 Å². The van der Waals surface area contributed by atoms with Gasteiger partial charge in [0.2, 0.25) is 5.95 Å². The zero-order valence-corrected chi connectivity index (χ0v) is 17.9. The van der Waals surface area contributed by atoms with Crippen LogP contribution in [0.2, 0.25) is 0 Å². The summed E-state index contributed by atoms with van der Waals surface area (Å²) in [6.45, 7) is -1.28. The Morgan fingerprint density at radius 1 is 1.30 bits per heavy atom. The first-order valence-electron chi connectivity index (χ1n) is 9.76. The maximum Gasteiger partial charge on any atom is 0.387 e. The molecule has 1 aromatic carbocycles. The van der Waals surface area contributed by atoms with E-state index in [0.717, 1.165) is 32.1 Å². The number of carbonyl (C=O) groups excluding carboxylic acids is 1. The smallest absolute Gasteiger partial charge is 0.387 e. The highest BCUT2D eigenvalue weighted by molar-refractivity contribution is 9.10. The lowest BCUT2D eigenvalue weighted by molar-refractivity contribution is -0.146. The second-order valence-electron chi connectivity index (χ2n) is 7.32. The number of esters is 1. The first-order valence-corrected chi connectivity index (χ1v) is 10.6. The Morgan fingerprint density at radius 2 is 2.07 bits per heavy atom. The number of nitrogens with one attached hydrogen (secondary N) is 1. The third kappa shape index (κ3) is 4.19. The van der Waals surface area contributed by atoms with E-state index in [-0.39, 0.29) is 17.4 Å². The molecule has 1 aromatic heterocycles. The van der Waals surface area contributed by atoms with Crippen molar-refractivity contribution in [2.24, 2.45) is 0 Å². The molecule has 2 heterocycles. The molecule has 10 heteroatoms. The molecule has 0 radical (unpaired) electrons. The van der Waals surface area contributed by atoms with Gasteiger partial charge >= 0.3 is 12.6 Å². The van der Waals surface area contributed by atoms with Gasteiger partial charge in [-0.25, -0.2) is 9.48 Å². The van der Waals surface area contributed by atoms with Gasteiger partial charge in [0.1, 0.15) is 24.2 Å². The number of rotatable bonds is 5. The van der Waals surface area contributed by atoms with Crippen LogP contribution in [0.1, 0.15) is 50.6 Å². The molecule has 1 N–H and O–H groups in total. The maximum atomic E-state index is 13.2. The molecule has 0 spiro atoms. The van der Waals surface area contributed by atoms with Gasteiger partial charge in [0.05, 0.1) is 5.57 Å². The minimum absolute atomic E-state index is 0.0442. The molecule has 0 amide bonds. The van der Waals surface area contributed by atoms with Gasteiger partial charge in [0, 0.05) is 15.7 Å². The van der Waals surface area contributed by atoms with Crippen molar-refractivity contribution in [3.63, 3.8) is 0 Å². The Bertz CT molecular complexity index is 973. The molecule has 0 saturated heterocycles. The van der Waals surface area contributed by atoms with Gasteiger partial charge in [-0.3, -0.25) is 0 Å². The summed E-state index contributed by atoms with van der Waals surface area (Å²) in [5.74, 6) is -0.145. The second kappa shape index (κ2) is 8.71. The van der Waals surface area contributed by atoms with E-state index in [9.17, 15) is 13.6 Å². The lowest BCUT2D eigenvalue weighted by atomic mass is 9.94. The van der Waals surface area contributed by atoms with Crippen LogP contribution in [-0.2, 0) is 9.53 Å². The number of fused-ring (bicyclic) bond motifs is 1. The summed E-state index contributed by atoms with van der Waals surface area (Å²) in [5, 5.41) is 7.27. The van der Waals surface area contributed by atoms with Gasteiger partial charge in [0.15, 0.2) is 0 Å². The van der Waals surface area contributed by atoms with Crippen molar-refractivity contribution in [1.82, 2.24) is 14.8 Å². The highest BCUT2D eigenvalue weighted by Gasteiger charge is 2.37. The largest absolute Gasteiger partial charge is 0.459 e. The predicted molar refractivity (Wildman–Crippen MR) is 108 cm³/mol. The zero-order chi connectivity index (χ0) is 21.3. The monoisotopic (exact) mass is 482 g/mol. The molecule has 1 fully saturated rings. The maximum absolute atomic E-state index is 13.2. The van der Waals surface area contributed by atoms with Crippen LogP contribution in [0.5, 0.6) is 5.75 Å². The van der Waals surface area contributed by atoms with E-state index in [1.54, 1.807) is 19.1 Å². The molecule has 160 valence electrons. The number of benzene rings is 1. The Morgan fingerprint density at radius 3 is 2.80 bits per heavy atom. The van der Waals surface area contributed by atoms with Crippen molar-refractivity contribution >= 4 is 27.8 Å². The first-order chi connectivity index (χ1) is 14.4. The lowest BCUT2D eigenvalue weighted by Crippen LogP contribution is -2.32. The molecule has 30 heavy (non-hydrogen) atoms. The van der Waals surface area contributed by atoms with Crippen LogP contribution < -0.4 is 10.1 Å². The SMILES string of the molecule is CC1=C(C(=O)OC2CCCCC2)[C@H](c2cc(Br)ccc2OC(F)F)n2ncnc2N1. The number of allylic oxidation sites excluding steroid dienone is 1. The predicted octanol–water partition coefficient (Wildman–Crippen LogP) is 4.81. The highest BCUT2D eigenvalue weighted by Crippen LogP contribution is 2.41. The summed E-state index contributed by atoms with van der Waals surface area (Å²) >= 11 is 3.38. The molecule has 4 rings (SSSR count). The topological polar surface area (TPSA) is 78.3 Å². The van der Waals surface area contributed by atoms with Crippen LogP contribution in [0.15, 0.2) is 40.3 Å².